The van der Waals surface area contributed by atoms with Crippen molar-refractivity contribution in [2.45, 2.75) is 81.2 Å². The van der Waals surface area contributed by atoms with Crippen molar-refractivity contribution >= 4 is 28.6 Å². The van der Waals surface area contributed by atoms with Gasteiger partial charge in [0.05, 0.1) is 0 Å². The largest absolute Gasteiger partial charge is 0.461 e. The summed E-state index contributed by atoms with van der Waals surface area (Å²) in [6, 6.07) is 0. The van der Waals surface area contributed by atoms with Crippen molar-refractivity contribution < 1.29 is 9.53 Å². The lowest BCUT2D eigenvalue weighted by Gasteiger charge is -2.23. The van der Waals surface area contributed by atoms with Gasteiger partial charge in [0.25, 0.3) is 0 Å². The van der Waals surface area contributed by atoms with Gasteiger partial charge in [-0.25, -0.2) is 0 Å². The van der Waals surface area contributed by atoms with E-state index in [0.29, 0.717) is 3.92 Å². The predicted octanol–water partition coefficient (Wildman–Crippen LogP) is 4.64. The quantitative estimate of drug-likeness (QED) is 0.391. The van der Waals surface area contributed by atoms with Gasteiger partial charge in [-0.3, -0.25) is 4.79 Å². The van der Waals surface area contributed by atoms with Crippen LogP contribution in [0, 0.1) is 0 Å². The van der Waals surface area contributed by atoms with Gasteiger partial charge in [0.15, 0.2) is 0 Å². The van der Waals surface area contributed by atoms with Crippen LogP contribution in [0.5, 0.6) is 0 Å². The number of hydrogen-bond acceptors (Lipinski definition) is 2. The first-order valence-corrected chi connectivity index (χ1v) is 8.26. The van der Waals surface area contributed by atoms with E-state index >= 15 is 0 Å². The molecular formula is C14H25IO2. The molecule has 2 nitrogen and oxygen atoms in total. The Morgan fingerprint density at radius 2 is 1.41 bits per heavy atom. The zero-order chi connectivity index (χ0) is 12.5. The van der Waals surface area contributed by atoms with E-state index in [0.717, 1.165) is 6.42 Å². The molecule has 0 heterocycles. The summed E-state index contributed by atoms with van der Waals surface area (Å²) in [5.41, 5.74) is 0. The average molecular weight is 352 g/mol. The van der Waals surface area contributed by atoms with Crippen molar-refractivity contribution in [3.63, 3.8) is 0 Å². The van der Waals surface area contributed by atoms with Crippen molar-refractivity contribution in [1.82, 2.24) is 0 Å². The Morgan fingerprint density at radius 1 is 0.941 bits per heavy atom. The second-order valence-electron chi connectivity index (χ2n) is 5.07. The summed E-state index contributed by atoms with van der Waals surface area (Å²) in [6.07, 6.45) is 13.0. The van der Waals surface area contributed by atoms with Crippen LogP contribution in [0.15, 0.2) is 0 Å². The van der Waals surface area contributed by atoms with Crippen molar-refractivity contribution in [2.75, 3.05) is 0 Å². The number of carbonyl (C=O) groups is 1. The molecular weight excluding hydrogens is 327 g/mol. The van der Waals surface area contributed by atoms with Gasteiger partial charge < -0.3 is 4.74 Å². The highest BCUT2D eigenvalue weighted by Gasteiger charge is 2.21. The Hall–Kier alpha value is 0.200. The normalized spacial score (nSPS) is 28.8. The van der Waals surface area contributed by atoms with Gasteiger partial charge in [0, 0.05) is 10.8 Å². The molecule has 1 aliphatic rings. The minimum Gasteiger partial charge on any atom is -0.461 e. The molecule has 3 heteroatoms. The third kappa shape index (κ3) is 7.27. The van der Waals surface area contributed by atoms with E-state index in [1.807, 2.05) is 0 Å². The van der Waals surface area contributed by atoms with Crippen LogP contribution in [0.4, 0.5) is 0 Å². The molecule has 1 fully saturated rings. The summed E-state index contributed by atoms with van der Waals surface area (Å²) in [5, 5.41) is 0. The van der Waals surface area contributed by atoms with Gasteiger partial charge in [-0.1, -0.05) is 67.5 Å². The predicted molar refractivity (Wildman–Crippen MR) is 79.5 cm³/mol. The van der Waals surface area contributed by atoms with Crippen molar-refractivity contribution in [3.8, 4) is 0 Å². The molecule has 0 N–H and O–H groups in total. The van der Waals surface area contributed by atoms with E-state index in [-0.39, 0.29) is 12.1 Å². The lowest BCUT2D eigenvalue weighted by molar-refractivity contribution is -0.146. The average Bonchev–Trinajstić information content (AvgIpc) is 2.27. The molecule has 0 amide bonds. The van der Waals surface area contributed by atoms with Crippen molar-refractivity contribution in [1.29, 1.82) is 0 Å². The van der Waals surface area contributed by atoms with Crippen molar-refractivity contribution in [3.05, 3.63) is 0 Å². The van der Waals surface area contributed by atoms with Crippen LogP contribution >= 0.6 is 22.6 Å². The molecule has 1 saturated carbocycles. The van der Waals surface area contributed by atoms with Gasteiger partial charge in [0.1, 0.15) is 6.10 Å². The van der Waals surface area contributed by atoms with E-state index in [9.17, 15) is 4.79 Å². The topological polar surface area (TPSA) is 26.3 Å². The highest BCUT2D eigenvalue weighted by molar-refractivity contribution is 14.1. The second-order valence-corrected chi connectivity index (χ2v) is 6.67. The first-order chi connectivity index (χ1) is 8.20. The van der Waals surface area contributed by atoms with E-state index in [2.05, 4.69) is 22.6 Å². The van der Waals surface area contributed by atoms with E-state index < -0.39 is 0 Å². The second kappa shape index (κ2) is 9.17. The summed E-state index contributed by atoms with van der Waals surface area (Å²) in [4.78, 5) is 11.1. The molecule has 0 saturated heterocycles. The third-order valence-electron chi connectivity index (χ3n) is 3.44. The number of halogens is 1. The van der Waals surface area contributed by atoms with Crippen LogP contribution in [0.2, 0.25) is 0 Å². The number of hydrogen-bond donors (Lipinski definition) is 0. The molecule has 0 spiro atoms. The number of rotatable bonds is 1. The molecule has 0 radical (unpaired) electrons. The van der Waals surface area contributed by atoms with Crippen LogP contribution in [0.25, 0.3) is 0 Å². The number of alkyl halides is 1. The zero-order valence-corrected chi connectivity index (χ0v) is 13.1. The Morgan fingerprint density at radius 3 is 1.94 bits per heavy atom. The highest BCUT2D eigenvalue weighted by Crippen LogP contribution is 2.24. The standard InChI is InChI=1S/C14H25IO2/c1-12(16)17-14-11-9-7-5-3-2-4-6-8-10-13(14)15/h13-14H,2-11H2,1H3/t13-,14?/m0/s1. The lowest BCUT2D eigenvalue weighted by Crippen LogP contribution is -2.26. The van der Waals surface area contributed by atoms with E-state index in [1.165, 1.54) is 64.7 Å². The smallest absolute Gasteiger partial charge is 0.302 e. The monoisotopic (exact) mass is 352 g/mol. The summed E-state index contributed by atoms with van der Waals surface area (Å²) in [7, 11) is 0. The fraction of sp³-hybridized carbons (Fsp3) is 0.929. The minimum atomic E-state index is -0.122. The van der Waals surface area contributed by atoms with Crippen LogP contribution in [0.3, 0.4) is 0 Å². The molecule has 0 bridgehead atoms. The van der Waals surface area contributed by atoms with Crippen molar-refractivity contribution in [2.24, 2.45) is 0 Å². The number of carbonyl (C=O) groups excluding carboxylic acids is 1. The van der Waals surface area contributed by atoms with Crippen LogP contribution in [-0.4, -0.2) is 16.0 Å². The van der Waals surface area contributed by atoms with E-state index in [1.54, 1.807) is 0 Å². The van der Waals surface area contributed by atoms with Gasteiger partial charge in [0.2, 0.25) is 0 Å². The maximum atomic E-state index is 11.1. The molecule has 1 unspecified atom stereocenters. The molecule has 17 heavy (non-hydrogen) atoms. The molecule has 2 atom stereocenters. The first kappa shape index (κ1) is 15.3. The minimum absolute atomic E-state index is 0.122. The van der Waals surface area contributed by atoms with Crippen LogP contribution in [-0.2, 0) is 9.53 Å². The molecule has 1 rings (SSSR count). The molecule has 1 aliphatic carbocycles. The van der Waals surface area contributed by atoms with Crippen LogP contribution in [0.1, 0.15) is 71.1 Å². The Labute approximate surface area is 119 Å². The summed E-state index contributed by atoms with van der Waals surface area (Å²) in [6.45, 7) is 1.53. The zero-order valence-electron chi connectivity index (χ0n) is 10.9. The van der Waals surface area contributed by atoms with Crippen LogP contribution < -0.4 is 0 Å². The summed E-state index contributed by atoms with van der Waals surface area (Å²) in [5.74, 6) is -0.122. The Bertz CT molecular complexity index is 218. The molecule has 0 aromatic rings. The fourth-order valence-electron chi connectivity index (χ4n) is 2.46. The van der Waals surface area contributed by atoms with Gasteiger partial charge in [-0.2, -0.15) is 0 Å². The molecule has 0 aromatic carbocycles. The van der Waals surface area contributed by atoms with Gasteiger partial charge >= 0.3 is 5.97 Å². The maximum Gasteiger partial charge on any atom is 0.302 e. The Kier molecular flexibility index (Phi) is 8.23. The summed E-state index contributed by atoms with van der Waals surface area (Å²) >= 11 is 2.47. The maximum absolute atomic E-state index is 11.1. The van der Waals surface area contributed by atoms with Gasteiger partial charge in [-0.15, -0.1) is 0 Å². The number of esters is 1. The molecule has 0 aliphatic heterocycles. The van der Waals surface area contributed by atoms with Gasteiger partial charge in [-0.05, 0) is 19.3 Å². The Balaban J connectivity index is 2.41. The van der Waals surface area contributed by atoms with E-state index in [4.69, 9.17) is 4.74 Å². The molecule has 0 aromatic heterocycles. The molecule has 100 valence electrons. The number of ether oxygens (including phenoxy) is 1. The lowest BCUT2D eigenvalue weighted by atomic mass is 9.99. The fourth-order valence-corrected chi connectivity index (χ4v) is 3.40. The first-order valence-electron chi connectivity index (χ1n) is 7.01. The summed E-state index contributed by atoms with van der Waals surface area (Å²) < 4.78 is 5.96. The SMILES string of the molecule is CC(=O)OC1CCCCCCCCCC[C@@H]1I. The third-order valence-corrected chi connectivity index (χ3v) is 4.86. The highest BCUT2D eigenvalue weighted by atomic mass is 127.